The van der Waals surface area contributed by atoms with Gasteiger partial charge in [-0.25, -0.2) is 0 Å². The summed E-state index contributed by atoms with van der Waals surface area (Å²) < 4.78 is 0. The van der Waals surface area contributed by atoms with Gasteiger partial charge in [0.05, 0.1) is 0 Å². The van der Waals surface area contributed by atoms with Gasteiger partial charge in [0.15, 0.2) is 0 Å². The molecule has 0 radical (unpaired) electrons. The SMILES string of the molecule is CCCCCCCCC1c2ccccc2-c2cccc(C)c21. The first-order chi connectivity index (χ1) is 10.8. The maximum atomic E-state index is 2.34. The molecule has 0 amide bonds. The molecule has 0 aromatic heterocycles. The average molecular weight is 292 g/mol. The van der Waals surface area contributed by atoms with Gasteiger partial charge in [-0.1, -0.05) is 87.9 Å². The van der Waals surface area contributed by atoms with Crippen LogP contribution in [0.4, 0.5) is 0 Å². The summed E-state index contributed by atoms with van der Waals surface area (Å²) in [6, 6.07) is 15.8. The van der Waals surface area contributed by atoms with Crippen molar-refractivity contribution in [2.75, 3.05) is 0 Å². The third-order valence-corrected chi connectivity index (χ3v) is 5.15. The fraction of sp³-hybridized carbons (Fsp3) is 0.455. The lowest BCUT2D eigenvalue weighted by atomic mass is 9.89. The lowest BCUT2D eigenvalue weighted by Crippen LogP contribution is -1.99. The van der Waals surface area contributed by atoms with Crippen molar-refractivity contribution in [1.29, 1.82) is 0 Å². The molecule has 1 atom stereocenters. The molecule has 116 valence electrons. The van der Waals surface area contributed by atoms with Crippen LogP contribution in [0.3, 0.4) is 0 Å². The Morgan fingerprint density at radius 2 is 1.50 bits per heavy atom. The van der Waals surface area contributed by atoms with Crippen LogP contribution in [0.15, 0.2) is 42.5 Å². The van der Waals surface area contributed by atoms with Gasteiger partial charge in [0.25, 0.3) is 0 Å². The van der Waals surface area contributed by atoms with E-state index >= 15 is 0 Å². The Kier molecular flexibility index (Phi) is 4.97. The van der Waals surface area contributed by atoms with Gasteiger partial charge in [-0.2, -0.15) is 0 Å². The van der Waals surface area contributed by atoms with Gasteiger partial charge < -0.3 is 0 Å². The fourth-order valence-corrected chi connectivity index (χ4v) is 4.01. The Morgan fingerprint density at radius 3 is 2.36 bits per heavy atom. The standard InChI is InChI=1S/C22H28/c1-3-4-5-6-7-8-15-20-18-13-9-10-14-19(18)21-16-11-12-17(2)22(20)21/h9-14,16,20H,3-8,15H2,1-2H3. The highest BCUT2D eigenvalue weighted by molar-refractivity contribution is 5.79. The maximum Gasteiger partial charge on any atom is 0.0104 e. The van der Waals surface area contributed by atoms with Crippen molar-refractivity contribution in [2.24, 2.45) is 0 Å². The second-order valence-corrected chi connectivity index (χ2v) is 6.73. The van der Waals surface area contributed by atoms with Crippen molar-refractivity contribution in [1.82, 2.24) is 0 Å². The zero-order chi connectivity index (χ0) is 15.4. The highest BCUT2D eigenvalue weighted by Crippen LogP contribution is 2.48. The van der Waals surface area contributed by atoms with E-state index in [0.29, 0.717) is 5.92 Å². The summed E-state index contributed by atoms with van der Waals surface area (Å²) in [5.41, 5.74) is 7.56. The lowest BCUT2D eigenvalue weighted by molar-refractivity contribution is 0.570. The molecule has 0 fully saturated rings. The third kappa shape index (κ3) is 2.97. The van der Waals surface area contributed by atoms with Gasteiger partial charge in [-0.15, -0.1) is 0 Å². The van der Waals surface area contributed by atoms with Crippen molar-refractivity contribution >= 4 is 0 Å². The summed E-state index contributed by atoms with van der Waals surface area (Å²) in [6.07, 6.45) is 9.60. The van der Waals surface area contributed by atoms with E-state index in [4.69, 9.17) is 0 Å². The van der Waals surface area contributed by atoms with Crippen LogP contribution in [0.5, 0.6) is 0 Å². The molecule has 2 aromatic carbocycles. The number of rotatable bonds is 7. The topological polar surface area (TPSA) is 0 Å². The molecule has 0 bridgehead atoms. The molecule has 0 spiro atoms. The number of unbranched alkanes of at least 4 members (excludes halogenated alkanes) is 5. The molecule has 1 unspecified atom stereocenters. The van der Waals surface area contributed by atoms with Crippen LogP contribution < -0.4 is 0 Å². The Labute approximate surface area is 135 Å². The minimum atomic E-state index is 0.624. The second kappa shape index (κ2) is 7.13. The predicted molar refractivity (Wildman–Crippen MR) is 96.5 cm³/mol. The van der Waals surface area contributed by atoms with Crippen LogP contribution >= 0.6 is 0 Å². The lowest BCUT2D eigenvalue weighted by Gasteiger charge is -2.15. The summed E-state index contributed by atoms with van der Waals surface area (Å²) in [7, 11) is 0. The Hall–Kier alpha value is -1.56. The first kappa shape index (κ1) is 15.3. The van der Waals surface area contributed by atoms with E-state index in [1.807, 2.05) is 0 Å². The monoisotopic (exact) mass is 292 g/mol. The quantitative estimate of drug-likeness (QED) is 0.489. The van der Waals surface area contributed by atoms with Crippen molar-refractivity contribution in [3.63, 3.8) is 0 Å². The van der Waals surface area contributed by atoms with E-state index in [1.54, 1.807) is 11.1 Å². The number of hydrogen-bond acceptors (Lipinski definition) is 0. The minimum absolute atomic E-state index is 0.624. The van der Waals surface area contributed by atoms with Crippen LogP contribution in [0.25, 0.3) is 11.1 Å². The number of aryl methyl sites for hydroxylation is 1. The largest absolute Gasteiger partial charge is 0.0654 e. The smallest absolute Gasteiger partial charge is 0.0104 e. The zero-order valence-electron chi connectivity index (χ0n) is 14.1. The fourth-order valence-electron chi connectivity index (χ4n) is 4.01. The maximum absolute atomic E-state index is 2.34. The van der Waals surface area contributed by atoms with E-state index in [2.05, 4.69) is 56.3 Å². The molecule has 0 N–H and O–H groups in total. The van der Waals surface area contributed by atoms with Crippen LogP contribution in [-0.4, -0.2) is 0 Å². The van der Waals surface area contributed by atoms with Gasteiger partial charge in [-0.05, 0) is 41.2 Å². The van der Waals surface area contributed by atoms with Crippen molar-refractivity contribution in [2.45, 2.75) is 64.7 Å². The normalized spacial score (nSPS) is 15.6. The average Bonchev–Trinajstić information content (AvgIpc) is 2.87. The van der Waals surface area contributed by atoms with E-state index in [9.17, 15) is 0 Å². The van der Waals surface area contributed by atoms with Crippen LogP contribution in [0, 0.1) is 6.92 Å². The molecule has 1 aliphatic rings. The molecule has 0 nitrogen and oxygen atoms in total. The summed E-state index contributed by atoms with van der Waals surface area (Å²) >= 11 is 0. The Bertz CT molecular complexity index is 624. The molecule has 0 heterocycles. The van der Waals surface area contributed by atoms with Gasteiger partial charge in [0.2, 0.25) is 0 Å². The van der Waals surface area contributed by atoms with Crippen LogP contribution in [0.1, 0.15) is 74.5 Å². The Balaban J connectivity index is 1.74. The minimum Gasteiger partial charge on any atom is -0.0654 e. The highest BCUT2D eigenvalue weighted by Gasteiger charge is 2.28. The van der Waals surface area contributed by atoms with E-state index in [-0.39, 0.29) is 0 Å². The molecular weight excluding hydrogens is 264 g/mol. The summed E-state index contributed by atoms with van der Waals surface area (Å²) in [6.45, 7) is 4.56. The molecule has 3 rings (SSSR count). The molecule has 22 heavy (non-hydrogen) atoms. The van der Waals surface area contributed by atoms with Gasteiger partial charge in [0.1, 0.15) is 0 Å². The first-order valence-electron chi connectivity index (χ1n) is 9.01. The van der Waals surface area contributed by atoms with E-state index < -0.39 is 0 Å². The summed E-state index contributed by atoms with van der Waals surface area (Å²) in [5, 5.41) is 0. The van der Waals surface area contributed by atoms with Crippen molar-refractivity contribution in [3.8, 4) is 11.1 Å². The van der Waals surface area contributed by atoms with Gasteiger partial charge in [0, 0.05) is 5.92 Å². The zero-order valence-corrected chi connectivity index (χ0v) is 14.1. The number of hydrogen-bond donors (Lipinski definition) is 0. The van der Waals surface area contributed by atoms with Crippen molar-refractivity contribution < 1.29 is 0 Å². The Morgan fingerprint density at radius 1 is 0.773 bits per heavy atom. The molecule has 0 aliphatic heterocycles. The van der Waals surface area contributed by atoms with E-state index in [1.165, 1.54) is 61.6 Å². The molecule has 1 aliphatic carbocycles. The molecule has 2 aromatic rings. The van der Waals surface area contributed by atoms with Crippen LogP contribution in [-0.2, 0) is 0 Å². The first-order valence-corrected chi connectivity index (χ1v) is 9.01. The molecule has 0 heteroatoms. The molecule has 0 saturated carbocycles. The number of fused-ring (bicyclic) bond motifs is 3. The summed E-state index contributed by atoms with van der Waals surface area (Å²) in [4.78, 5) is 0. The molecular formula is C22H28. The predicted octanol–water partition coefficient (Wildman–Crippen LogP) is 6.86. The third-order valence-electron chi connectivity index (χ3n) is 5.15. The van der Waals surface area contributed by atoms with Crippen LogP contribution in [0.2, 0.25) is 0 Å². The van der Waals surface area contributed by atoms with Crippen molar-refractivity contribution in [3.05, 3.63) is 59.2 Å². The van der Waals surface area contributed by atoms with E-state index in [0.717, 1.165) is 0 Å². The molecule has 0 saturated heterocycles. The van der Waals surface area contributed by atoms with Gasteiger partial charge in [-0.3, -0.25) is 0 Å². The number of benzene rings is 2. The summed E-state index contributed by atoms with van der Waals surface area (Å²) in [5.74, 6) is 0.624. The second-order valence-electron chi connectivity index (χ2n) is 6.73. The highest BCUT2D eigenvalue weighted by atomic mass is 14.3. The van der Waals surface area contributed by atoms with Gasteiger partial charge >= 0.3 is 0 Å².